The van der Waals surface area contributed by atoms with Crippen LogP contribution in [0.25, 0.3) is 0 Å². The molecule has 0 amide bonds. The summed E-state index contributed by atoms with van der Waals surface area (Å²) in [5.74, 6) is 1.20. The predicted octanol–water partition coefficient (Wildman–Crippen LogP) is 6.62. The van der Waals surface area contributed by atoms with Crippen molar-refractivity contribution >= 4 is 17.7 Å². The largest absolute Gasteiger partial charge is 0.289 e. The van der Waals surface area contributed by atoms with Crippen molar-refractivity contribution in [1.82, 2.24) is 4.31 Å². The Kier molecular flexibility index (Phi) is 10.5. The van der Waals surface area contributed by atoms with Crippen molar-refractivity contribution in [2.45, 2.75) is 85.5 Å². The summed E-state index contributed by atoms with van der Waals surface area (Å²) in [5, 5.41) is 0. The van der Waals surface area contributed by atoms with E-state index in [4.69, 9.17) is 4.99 Å². The number of aryl methyl sites for hydroxylation is 3. The third-order valence-corrected chi connectivity index (χ3v) is 6.32. The lowest BCUT2D eigenvalue weighted by Crippen LogP contribution is -2.18. The average Bonchev–Trinajstić information content (AvgIpc) is 3.06. The molecule has 0 bridgehead atoms. The second-order valence-corrected chi connectivity index (χ2v) is 9.14. The van der Waals surface area contributed by atoms with Crippen LogP contribution in [-0.4, -0.2) is 35.4 Å². The van der Waals surface area contributed by atoms with E-state index in [0.717, 1.165) is 19.4 Å². The van der Waals surface area contributed by atoms with Gasteiger partial charge >= 0.3 is 0 Å². The van der Waals surface area contributed by atoms with Crippen LogP contribution in [-0.2, 0) is 12.8 Å². The number of unbranched alkanes of at least 4 members (excludes halogenated alkanes) is 3. The van der Waals surface area contributed by atoms with Crippen LogP contribution in [0, 0.1) is 6.92 Å². The lowest BCUT2D eigenvalue weighted by atomic mass is 9.97. The maximum absolute atomic E-state index is 4.82. The lowest BCUT2D eigenvalue weighted by molar-refractivity contribution is 0.444. The summed E-state index contributed by atoms with van der Waals surface area (Å²) in [7, 11) is 0. The minimum atomic E-state index is 0.975. The van der Waals surface area contributed by atoms with E-state index in [2.05, 4.69) is 44.1 Å². The highest BCUT2D eigenvalue weighted by molar-refractivity contribution is 7.96. The van der Waals surface area contributed by atoms with Gasteiger partial charge in [0.05, 0.1) is 0 Å². The number of nitrogens with zero attached hydrogens (tertiary/aromatic N) is 2. The molecule has 0 heterocycles. The first-order chi connectivity index (χ1) is 13.2. The third-order valence-electron chi connectivity index (χ3n) is 5.33. The number of rotatable bonds is 13. The standard InChI is InChI=1S/C24H40N2S/c1-5-15-25-23-14-13-22-19-21(18-20(4)24(22)23)12-10-8-9-11-17-26(16-6-2)27-7-3/h18-19H,5-17H2,1-4H3/b25-23+. The molecule has 0 N–H and O–H groups in total. The Hall–Kier alpha value is -0.800. The molecule has 152 valence electrons. The first kappa shape index (κ1) is 22.5. The van der Waals surface area contributed by atoms with Gasteiger partial charge in [0.1, 0.15) is 0 Å². The van der Waals surface area contributed by atoms with Crippen LogP contribution in [0.5, 0.6) is 0 Å². The van der Waals surface area contributed by atoms with Crippen LogP contribution in [0.1, 0.15) is 88.0 Å². The van der Waals surface area contributed by atoms with Gasteiger partial charge < -0.3 is 0 Å². The van der Waals surface area contributed by atoms with Gasteiger partial charge in [-0.25, -0.2) is 0 Å². The van der Waals surface area contributed by atoms with Gasteiger partial charge in [-0.2, -0.15) is 0 Å². The van der Waals surface area contributed by atoms with E-state index >= 15 is 0 Å². The van der Waals surface area contributed by atoms with Crippen LogP contribution in [0.15, 0.2) is 17.1 Å². The van der Waals surface area contributed by atoms with Crippen molar-refractivity contribution in [3.8, 4) is 0 Å². The molecule has 2 rings (SSSR count). The molecule has 0 fully saturated rings. The number of benzene rings is 1. The van der Waals surface area contributed by atoms with Crippen LogP contribution < -0.4 is 0 Å². The minimum Gasteiger partial charge on any atom is -0.289 e. The van der Waals surface area contributed by atoms with Crippen molar-refractivity contribution in [2.24, 2.45) is 4.99 Å². The Labute approximate surface area is 172 Å². The van der Waals surface area contributed by atoms with Gasteiger partial charge in [0.2, 0.25) is 0 Å². The summed E-state index contributed by atoms with van der Waals surface area (Å²) in [5.41, 5.74) is 7.36. The number of aliphatic imine (C=N–C) groups is 1. The summed E-state index contributed by atoms with van der Waals surface area (Å²) in [4.78, 5) is 4.82. The molecule has 0 radical (unpaired) electrons. The monoisotopic (exact) mass is 388 g/mol. The summed E-state index contributed by atoms with van der Waals surface area (Å²) < 4.78 is 2.56. The van der Waals surface area contributed by atoms with Crippen molar-refractivity contribution in [3.63, 3.8) is 0 Å². The number of hydrogen-bond acceptors (Lipinski definition) is 3. The van der Waals surface area contributed by atoms with Crippen LogP contribution >= 0.6 is 11.9 Å². The topological polar surface area (TPSA) is 15.6 Å². The highest BCUT2D eigenvalue weighted by atomic mass is 32.2. The maximum atomic E-state index is 4.82. The van der Waals surface area contributed by atoms with E-state index in [0.29, 0.717) is 0 Å². The Morgan fingerprint density at radius 1 is 0.963 bits per heavy atom. The van der Waals surface area contributed by atoms with Gasteiger partial charge in [0, 0.05) is 36.7 Å². The minimum absolute atomic E-state index is 0.975. The predicted molar refractivity (Wildman–Crippen MR) is 123 cm³/mol. The molecule has 0 saturated carbocycles. The van der Waals surface area contributed by atoms with E-state index in [9.17, 15) is 0 Å². The second kappa shape index (κ2) is 12.6. The average molecular weight is 389 g/mol. The van der Waals surface area contributed by atoms with E-state index in [1.165, 1.54) is 86.2 Å². The van der Waals surface area contributed by atoms with Crippen molar-refractivity contribution in [3.05, 3.63) is 34.4 Å². The van der Waals surface area contributed by atoms with Crippen LogP contribution in [0.2, 0.25) is 0 Å². The van der Waals surface area contributed by atoms with Gasteiger partial charge in [-0.05, 0) is 68.6 Å². The van der Waals surface area contributed by atoms with E-state index in [-0.39, 0.29) is 0 Å². The maximum Gasteiger partial charge on any atom is 0.0429 e. The Morgan fingerprint density at radius 3 is 2.52 bits per heavy atom. The fraction of sp³-hybridized carbons (Fsp3) is 0.708. The normalized spacial score (nSPS) is 15.1. The number of fused-ring (bicyclic) bond motifs is 1. The number of hydrogen-bond donors (Lipinski definition) is 0. The van der Waals surface area contributed by atoms with Crippen molar-refractivity contribution in [1.29, 1.82) is 0 Å². The van der Waals surface area contributed by atoms with E-state index in [1.807, 2.05) is 11.9 Å². The Balaban J connectivity index is 1.75. The van der Waals surface area contributed by atoms with Crippen molar-refractivity contribution in [2.75, 3.05) is 25.4 Å². The highest BCUT2D eigenvalue weighted by Crippen LogP contribution is 2.28. The summed E-state index contributed by atoms with van der Waals surface area (Å²) >= 11 is 2.00. The molecule has 1 aliphatic rings. The molecule has 3 heteroatoms. The molecule has 0 spiro atoms. The molecule has 0 atom stereocenters. The molecule has 1 aromatic carbocycles. The highest BCUT2D eigenvalue weighted by Gasteiger charge is 2.20. The molecule has 2 nitrogen and oxygen atoms in total. The third kappa shape index (κ3) is 7.27. The first-order valence-corrected chi connectivity index (χ1v) is 12.2. The summed E-state index contributed by atoms with van der Waals surface area (Å²) in [6.07, 6.45) is 11.4. The summed E-state index contributed by atoms with van der Waals surface area (Å²) in [6, 6.07) is 4.89. The van der Waals surface area contributed by atoms with Gasteiger partial charge in [0.15, 0.2) is 0 Å². The molecule has 0 unspecified atom stereocenters. The Bertz CT molecular complexity index is 588. The lowest BCUT2D eigenvalue weighted by Gasteiger charge is -2.19. The fourth-order valence-corrected chi connectivity index (χ4v) is 5.06. The molecular formula is C24H40N2S. The van der Waals surface area contributed by atoms with Crippen molar-refractivity contribution < 1.29 is 0 Å². The Morgan fingerprint density at radius 2 is 1.78 bits per heavy atom. The van der Waals surface area contributed by atoms with Gasteiger partial charge in [-0.1, -0.05) is 57.7 Å². The molecule has 27 heavy (non-hydrogen) atoms. The summed E-state index contributed by atoms with van der Waals surface area (Å²) in [6.45, 7) is 12.5. The zero-order chi connectivity index (χ0) is 19.5. The first-order valence-electron chi connectivity index (χ1n) is 11.2. The quantitative estimate of drug-likeness (QED) is 0.278. The van der Waals surface area contributed by atoms with Gasteiger partial charge in [0.25, 0.3) is 0 Å². The van der Waals surface area contributed by atoms with E-state index < -0.39 is 0 Å². The zero-order valence-electron chi connectivity index (χ0n) is 18.1. The zero-order valence-corrected chi connectivity index (χ0v) is 19.0. The van der Waals surface area contributed by atoms with Gasteiger partial charge in [-0.3, -0.25) is 9.30 Å². The van der Waals surface area contributed by atoms with E-state index in [1.54, 1.807) is 5.56 Å². The molecule has 0 aliphatic heterocycles. The molecular weight excluding hydrogens is 348 g/mol. The molecule has 0 aromatic heterocycles. The second-order valence-electron chi connectivity index (χ2n) is 7.79. The van der Waals surface area contributed by atoms with Crippen LogP contribution in [0.3, 0.4) is 0 Å². The smallest absolute Gasteiger partial charge is 0.0429 e. The molecule has 1 aromatic rings. The fourth-order valence-electron chi connectivity index (χ4n) is 4.12. The SMILES string of the molecule is CCC/N=C1\CCc2cc(CCCCCCN(CCC)SCC)cc(C)c21. The van der Waals surface area contributed by atoms with Crippen LogP contribution in [0.4, 0.5) is 0 Å². The molecule has 1 aliphatic carbocycles. The molecule has 0 saturated heterocycles. The van der Waals surface area contributed by atoms with Gasteiger partial charge in [-0.15, -0.1) is 0 Å².